The summed E-state index contributed by atoms with van der Waals surface area (Å²) in [4.78, 5) is 20.5. The third-order valence-corrected chi connectivity index (χ3v) is 3.24. The minimum atomic E-state index is -0.219. The molecule has 0 saturated heterocycles. The summed E-state index contributed by atoms with van der Waals surface area (Å²) in [6.07, 6.45) is 1.58. The van der Waals surface area contributed by atoms with Crippen molar-refractivity contribution in [3.05, 3.63) is 78.1 Å². The van der Waals surface area contributed by atoms with Gasteiger partial charge >= 0.3 is 6.01 Å². The Hall–Kier alpha value is -3.25. The minimum absolute atomic E-state index is 0.193. The average Bonchev–Trinajstić information content (AvgIpc) is 2.63. The molecule has 6 heteroatoms. The van der Waals surface area contributed by atoms with Gasteiger partial charge in [0.15, 0.2) is 0 Å². The first-order valence-corrected chi connectivity index (χ1v) is 7.41. The average molecular weight is 320 g/mol. The smallest absolute Gasteiger partial charge is 0.322 e. The monoisotopic (exact) mass is 320 g/mol. The number of rotatable bonds is 5. The Morgan fingerprint density at radius 3 is 2.71 bits per heavy atom. The van der Waals surface area contributed by atoms with Crippen molar-refractivity contribution in [1.29, 1.82) is 0 Å². The van der Waals surface area contributed by atoms with Gasteiger partial charge in [-0.05, 0) is 36.4 Å². The molecule has 0 saturated carbocycles. The first-order chi connectivity index (χ1) is 11.7. The molecule has 2 aromatic carbocycles. The fraction of sp³-hybridized carbons (Fsp3) is 0.0556. The summed E-state index contributed by atoms with van der Waals surface area (Å²) in [6, 6.07) is 18.0. The number of amides is 1. The highest BCUT2D eigenvalue weighted by Gasteiger charge is 2.08. The SMILES string of the molecule is NCc1ccnc(Oc2cccc(C(=O)Nc3ccccc3)c2)n1. The van der Waals surface area contributed by atoms with E-state index in [0.29, 0.717) is 23.6 Å². The number of anilines is 1. The number of hydrogen-bond acceptors (Lipinski definition) is 5. The van der Waals surface area contributed by atoms with Crippen LogP contribution in [0, 0.1) is 0 Å². The van der Waals surface area contributed by atoms with Gasteiger partial charge in [0.05, 0.1) is 5.69 Å². The van der Waals surface area contributed by atoms with Crippen LogP contribution in [0.2, 0.25) is 0 Å². The number of ether oxygens (including phenoxy) is 1. The molecule has 1 aromatic heterocycles. The third-order valence-electron chi connectivity index (χ3n) is 3.24. The van der Waals surface area contributed by atoms with E-state index in [2.05, 4.69) is 15.3 Å². The van der Waals surface area contributed by atoms with E-state index >= 15 is 0 Å². The molecule has 3 rings (SSSR count). The number of carbonyl (C=O) groups is 1. The van der Waals surface area contributed by atoms with Crippen molar-refractivity contribution in [2.24, 2.45) is 5.73 Å². The van der Waals surface area contributed by atoms with Crippen LogP contribution < -0.4 is 15.8 Å². The molecule has 0 bridgehead atoms. The van der Waals surface area contributed by atoms with Gasteiger partial charge in [0.1, 0.15) is 5.75 Å². The van der Waals surface area contributed by atoms with Crippen LogP contribution in [0.4, 0.5) is 5.69 Å². The maximum absolute atomic E-state index is 12.3. The normalized spacial score (nSPS) is 10.2. The second kappa shape index (κ2) is 7.34. The van der Waals surface area contributed by atoms with Crippen molar-refractivity contribution < 1.29 is 9.53 Å². The van der Waals surface area contributed by atoms with E-state index in [0.717, 1.165) is 5.69 Å². The van der Waals surface area contributed by atoms with Crippen LogP contribution in [0.1, 0.15) is 16.1 Å². The topological polar surface area (TPSA) is 90.1 Å². The summed E-state index contributed by atoms with van der Waals surface area (Å²) < 4.78 is 5.60. The van der Waals surface area contributed by atoms with Crippen molar-refractivity contribution in [2.75, 3.05) is 5.32 Å². The summed E-state index contributed by atoms with van der Waals surface area (Å²) in [5.74, 6) is 0.258. The van der Waals surface area contributed by atoms with Crippen LogP contribution in [0.5, 0.6) is 11.8 Å². The number of para-hydroxylation sites is 1. The Balaban J connectivity index is 1.75. The van der Waals surface area contributed by atoms with E-state index < -0.39 is 0 Å². The van der Waals surface area contributed by atoms with Crippen molar-refractivity contribution >= 4 is 11.6 Å². The highest BCUT2D eigenvalue weighted by Crippen LogP contribution is 2.20. The molecule has 0 unspecified atom stereocenters. The van der Waals surface area contributed by atoms with E-state index in [9.17, 15) is 4.79 Å². The third kappa shape index (κ3) is 3.93. The maximum atomic E-state index is 12.3. The molecule has 0 fully saturated rings. The number of carbonyl (C=O) groups excluding carboxylic acids is 1. The number of nitrogens with zero attached hydrogens (tertiary/aromatic N) is 2. The van der Waals surface area contributed by atoms with Crippen LogP contribution in [0.3, 0.4) is 0 Å². The van der Waals surface area contributed by atoms with Gasteiger partial charge in [-0.3, -0.25) is 4.79 Å². The van der Waals surface area contributed by atoms with Crippen LogP contribution in [0.15, 0.2) is 66.9 Å². The van der Waals surface area contributed by atoms with E-state index in [-0.39, 0.29) is 11.9 Å². The quantitative estimate of drug-likeness (QED) is 0.754. The number of nitrogens with one attached hydrogen (secondary N) is 1. The fourth-order valence-electron chi connectivity index (χ4n) is 2.07. The second-order valence-corrected chi connectivity index (χ2v) is 4.98. The predicted molar refractivity (Wildman–Crippen MR) is 90.8 cm³/mol. The van der Waals surface area contributed by atoms with Gasteiger partial charge in [0.25, 0.3) is 5.91 Å². The lowest BCUT2D eigenvalue weighted by molar-refractivity contribution is 0.102. The molecule has 120 valence electrons. The summed E-state index contributed by atoms with van der Waals surface area (Å²) >= 11 is 0. The van der Waals surface area contributed by atoms with Gasteiger partial charge in [-0.2, -0.15) is 4.98 Å². The molecule has 24 heavy (non-hydrogen) atoms. The van der Waals surface area contributed by atoms with Crippen molar-refractivity contribution in [3.63, 3.8) is 0 Å². The maximum Gasteiger partial charge on any atom is 0.322 e. The van der Waals surface area contributed by atoms with Crippen molar-refractivity contribution in [2.45, 2.75) is 6.54 Å². The Bertz CT molecular complexity index is 837. The molecule has 0 atom stereocenters. The van der Waals surface area contributed by atoms with Gasteiger partial charge in [-0.25, -0.2) is 4.98 Å². The van der Waals surface area contributed by atoms with E-state index in [1.807, 2.05) is 30.3 Å². The summed E-state index contributed by atoms with van der Waals surface area (Å²) in [6.45, 7) is 0.304. The van der Waals surface area contributed by atoms with Gasteiger partial charge in [-0.1, -0.05) is 24.3 Å². The molecule has 1 heterocycles. The zero-order chi connectivity index (χ0) is 16.8. The van der Waals surface area contributed by atoms with Gasteiger partial charge in [0.2, 0.25) is 0 Å². The Morgan fingerprint density at radius 1 is 1.08 bits per heavy atom. The molecule has 0 radical (unpaired) electrons. The number of benzene rings is 2. The fourth-order valence-corrected chi connectivity index (χ4v) is 2.07. The molecule has 0 aliphatic carbocycles. The molecular weight excluding hydrogens is 304 g/mol. The first kappa shape index (κ1) is 15.6. The molecule has 0 aliphatic rings. The summed E-state index contributed by atoms with van der Waals surface area (Å²) in [7, 11) is 0. The predicted octanol–water partition coefficient (Wildman–Crippen LogP) is 2.98. The summed E-state index contributed by atoms with van der Waals surface area (Å²) in [5.41, 5.74) is 7.44. The largest absolute Gasteiger partial charge is 0.424 e. The molecule has 0 aliphatic heterocycles. The minimum Gasteiger partial charge on any atom is -0.424 e. The Labute approximate surface area is 139 Å². The standard InChI is InChI=1S/C18H16N4O2/c19-12-15-9-10-20-18(22-15)24-16-8-4-5-13(11-16)17(23)21-14-6-2-1-3-7-14/h1-11H,12,19H2,(H,21,23). The molecule has 3 N–H and O–H groups in total. The van der Waals surface area contributed by atoms with Crippen LogP contribution in [-0.2, 0) is 6.54 Å². The van der Waals surface area contributed by atoms with Crippen molar-refractivity contribution in [3.8, 4) is 11.8 Å². The van der Waals surface area contributed by atoms with E-state index in [4.69, 9.17) is 10.5 Å². The highest BCUT2D eigenvalue weighted by atomic mass is 16.5. The number of aromatic nitrogens is 2. The lowest BCUT2D eigenvalue weighted by atomic mass is 10.2. The molecule has 3 aromatic rings. The van der Waals surface area contributed by atoms with Crippen LogP contribution >= 0.6 is 0 Å². The molecule has 0 spiro atoms. The molecular formula is C18H16N4O2. The van der Waals surface area contributed by atoms with Gasteiger partial charge in [0, 0.05) is 24.0 Å². The number of nitrogens with two attached hydrogens (primary N) is 1. The van der Waals surface area contributed by atoms with Crippen LogP contribution in [0.25, 0.3) is 0 Å². The second-order valence-electron chi connectivity index (χ2n) is 4.98. The van der Waals surface area contributed by atoms with E-state index in [1.54, 1.807) is 36.5 Å². The Morgan fingerprint density at radius 2 is 1.92 bits per heavy atom. The van der Waals surface area contributed by atoms with Gasteiger partial charge < -0.3 is 15.8 Å². The first-order valence-electron chi connectivity index (χ1n) is 7.41. The van der Waals surface area contributed by atoms with Crippen LogP contribution in [-0.4, -0.2) is 15.9 Å². The summed E-state index contributed by atoms with van der Waals surface area (Å²) in [5, 5.41) is 2.83. The zero-order valence-corrected chi connectivity index (χ0v) is 12.8. The van der Waals surface area contributed by atoms with Gasteiger partial charge in [-0.15, -0.1) is 0 Å². The Kier molecular flexibility index (Phi) is 4.78. The lowest BCUT2D eigenvalue weighted by Gasteiger charge is -2.08. The number of hydrogen-bond donors (Lipinski definition) is 2. The lowest BCUT2D eigenvalue weighted by Crippen LogP contribution is -2.11. The molecule has 6 nitrogen and oxygen atoms in total. The molecule has 1 amide bonds. The zero-order valence-electron chi connectivity index (χ0n) is 12.8. The van der Waals surface area contributed by atoms with E-state index in [1.165, 1.54) is 0 Å². The van der Waals surface area contributed by atoms with Crippen molar-refractivity contribution in [1.82, 2.24) is 9.97 Å². The highest BCUT2D eigenvalue weighted by molar-refractivity contribution is 6.04.